The third kappa shape index (κ3) is 4.69. The first-order valence-corrected chi connectivity index (χ1v) is 9.78. The second-order valence-corrected chi connectivity index (χ2v) is 7.48. The Bertz CT molecular complexity index is 1070. The van der Waals surface area contributed by atoms with E-state index in [0.717, 1.165) is 11.3 Å². The van der Waals surface area contributed by atoms with E-state index < -0.39 is 0 Å². The van der Waals surface area contributed by atoms with Crippen molar-refractivity contribution in [1.82, 2.24) is 14.5 Å². The molecule has 0 aliphatic heterocycles. The highest BCUT2D eigenvalue weighted by Crippen LogP contribution is 2.26. The molecule has 1 amide bonds. The van der Waals surface area contributed by atoms with Gasteiger partial charge in [-0.1, -0.05) is 0 Å². The summed E-state index contributed by atoms with van der Waals surface area (Å²) in [6.07, 6.45) is 0.789. The maximum Gasteiger partial charge on any atom is 0.347 e. The van der Waals surface area contributed by atoms with Crippen LogP contribution in [0.1, 0.15) is 29.8 Å². The van der Waals surface area contributed by atoms with Gasteiger partial charge >= 0.3 is 5.69 Å². The largest absolute Gasteiger partial charge is 0.347 e. The molecule has 6 nitrogen and oxygen atoms in total. The van der Waals surface area contributed by atoms with E-state index in [9.17, 15) is 14.0 Å². The second-order valence-electron chi connectivity index (χ2n) is 6.63. The lowest BCUT2D eigenvalue weighted by molar-refractivity contribution is -0.116. The molecule has 1 N–H and O–H groups in total. The van der Waals surface area contributed by atoms with Gasteiger partial charge in [-0.3, -0.25) is 9.36 Å². The van der Waals surface area contributed by atoms with Crippen molar-refractivity contribution >= 4 is 22.4 Å². The number of nitrogens with zero attached hydrogens (tertiary/aromatic N) is 3. The zero-order chi connectivity index (χ0) is 20.3. The smallest absolute Gasteiger partial charge is 0.302 e. The maximum absolute atomic E-state index is 13.4. The third-order valence-electron chi connectivity index (χ3n) is 4.34. The quantitative estimate of drug-likeness (QED) is 0.682. The van der Waals surface area contributed by atoms with Gasteiger partial charge in [0, 0.05) is 35.3 Å². The monoisotopic (exact) mass is 400 g/mol. The molecule has 0 unspecified atom stereocenters. The zero-order valence-corrected chi connectivity index (χ0v) is 16.8. The number of amides is 1. The van der Waals surface area contributed by atoms with E-state index in [0.29, 0.717) is 35.0 Å². The van der Waals surface area contributed by atoms with Gasteiger partial charge in [-0.25, -0.2) is 14.2 Å². The van der Waals surface area contributed by atoms with Crippen LogP contribution in [0.3, 0.4) is 0 Å². The average Bonchev–Trinajstić information content (AvgIpc) is 3.08. The van der Waals surface area contributed by atoms with Crippen LogP contribution in [0.15, 0.2) is 34.4 Å². The van der Waals surface area contributed by atoms with E-state index in [1.54, 1.807) is 30.5 Å². The van der Waals surface area contributed by atoms with Crippen LogP contribution >= 0.6 is 11.3 Å². The summed E-state index contributed by atoms with van der Waals surface area (Å²) in [7, 11) is 0. The van der Waals surface area contributed by atoms with E-state index in [-0.39, 0.29) is 23.8 Å². The fourth-order valence-electron chi connectivity index (χ4n) is 2.89. The molecule has 0 spiro atoms. The number of aryl methyl sites for hydroxylation is 3. The van der Waals surface area contributed by atoms with Crippen LogP contribution in [-0.2, 0) is 11.3 Å². The highest BCUT2D eigenvalue weighted by molar-refractivity contribution is 7.14. The minimum Gasteiger partial charge on any atom is -0.302 e. The van der Waals surface area contributed by atoms with Crippen LogP contribution in [0.25, 0.3) is 11.3 Å². The molecular weight excluding hydrogens is 379 g/mol. The molecule has 0 atom stereocenters. The molecule has 3 aromatic rings. The number of hydrogen-bond acceptors (Lipinski definition) is 5. The normalized spacial score (nSPS) is 10.9. The van der Waals surface area contributed by atoms with Gasteiger partial charge in [-0.15, -0.1) is 11.3 Å². The predicted octanol–water partition coefficient (Wildman–Crippen LogP) is 3.85. The lowest BCUT2D eigenvalue weighted by Gasteiger charge is -2.09. The molecule has 0 aliphatic rings. The molecule has 1 aromatic carbocycles. The van der Waals surface area contributed by atoms with Crippen molar-refractivity contribution in [2.75, 3.05) is 5.32 Å². The molecule has 0 saturated carbocycles. The van der Waals surface area contributed by atoms with Gasteiger partial charge in [0.05, 0.1) is 5.69 Å². The standard InChI is InChI=1S/C20H21FN4O2S/c1-12-9-15(6-7-16(12)21)17-11-28-19(23-17)24-18(26)5-4-8-25-14(3)10-13(2)22-20(25)27/h6-7,9-11H,4-5,8H2,1-3H3,(H,23,24,26). The van der Waals surface area contributed by atoms with E-state index in [2.05, 4.69) is 15.3 Å². The van der Waals surface area contributed by atoms with Gasteiger partial charge in [0.25, 0.3) is 0 Å². The van der Waals surface area contributed by atoms with Gasteiger partial charge in [0.15, 0.2) is 5.13 Å². The van der Waals surface area contributed by atoms with E-state index >= 15 is 0 Å². The molecule has 28 heavy (non-hydrogen) atoms. The van der Waals surface area contributed by atoms with Crippen molar-refractivity contribution in [3.8, 4) is 11.3 Å². The van der Waals surface area contributed by atoms with Crippen LogP contribution in [0.2, 0.25) is 0 Å². The Morgan fingerprint density at radius 3 is 2.71 bits per heavy atom. The molecule has 8 heteroatoms. The van der Waals surface area contributed by atoms with E-state index in [1.807, 2.05) is 18.4 Å². The van der Waals surface area contributed by atoms with Gasteiger partial charge in [-0.05, 0) is 57.0 Å². The Kier molecular flexibility index (Phi) is 5.99. The third-order valence-corrected chi connectivity index (χ3v) is 5.09. The number of carbonyl (C=O) groups is 1. The van der Waals surface area contributed by atoms with Gasteiger partial charge in [0.2, 0.25) is 5.91 Å². The van der Waals surface area contributed by atoms with Crippen molar-refractivity contribution in [2.45, 2.75) is 40.2 Å². The maximum atomic E-state index is 13.4. The SMILES string of the molecule is Cc1cc(C)n(CCCC(=O)Nc2nc(-c3ccc(F)c(C)c3)cs2)c(=O)n1. The number of anilines is 1. The summed E-state index contributed by atoms with van der Waals surface area (Å²) in [5.74, 6) is -0.424. The summed E-state index contributed by atoms with van der Waals surface area (Å²) in [6, 6.07) is 6.65. The number of hydrogen-bond donors (Lipinski definition) is 1. The summed E-state index contributed by atoms with van der Waals surface area (Å²) < 4.78 is 15.0. The molecule has 0 aliphatic carbocycles. The van der Waals surface area contributed by atoms with Crippen molar-refractivity contribution < 1.29 is 9.18 Å². The lowest BCUT2D eigenvalue weighted by atomic mass is 10.1. The Labute approximate surface area is 166 Å². The fourth-order valence-corrected chi connectivity index (χ4v) is 3.63. The number of carbonyl (C=O) groups excluding carboxylic acids is 1. The minimum atomic E-state index is -0.294. The average molecular weight is 400 g/mol. The van der Waals surface area contributed by atoms with Crippen molar-refractivity contribution in [1.29, 1.82) is 0 Å². The molecular formula is C20H21FN4O2S. The fraction of sp³-hybridized carbons (Fsp3) is 0.300. The number of rotatable bonds is 6. The minimum absolute atomic E-state index is 0.165. The van der Waals surface area contributed by atoms with Crippen molar-refractivity contribution in [3.63, 3.8) is 0 Å². The van der Waals surface area contributed by atoms with Crippen LogP contribution in [-0.4, -0.2) is 20.4 Å². The summed E-state index contributed by atoms with van der Waals surface area (Å²) in [5.41, 5.74) is 3.27. The first kappa shape index (κ1) is 19.9. The molecule has 146 valence electrons. The Morgan fingerprint density at radius 1 is 1.21 bits per heavy atom. The number of aromatic nitrogens is 3. The number of thiazole rings is 1. The zero-order valence-electron chi connectivity index (χ0n) is 16.0. The number of benzene rings is 1. The predicted molar refractivity (Wildman–Crippen MR) is 108 cm³/mol. The highest BCUT2D eigenvalue weighted by atomic mass is 32.1. The van der Waals surface area contributed by atoms with Crippen molar-refractivity contribution in [3.05, 3.63) is 62.9 Å². The molecule has 2 aromatic heterocycles. The molecule has 2 heterocycles. The van der Waals surface area contributed by atoms with Crippen LogP contribution in [0, 0.1) is 26.6 Å². The van der Waals surface area contributed by atoms with E-state index in [1.165, 1.54) is 17.4 Å². The molecule has 0 fully saturated rings. The summed E-state index contributed by atoms with van der Waals surface area (Å²) in [4.78, 5) is 32.4. The molecule has 0 bridgehead atoms. The van der Waals surface area contributed by atoms with Gasteiger partial charge in [-0.2, -0.15) is 4.98 Å². The van der Waals surface area contributed by atoms with Crippen LogP contribution < -0.4 is 11.0 Å². The topological polar surface area (TPSA) is 76.9 Å². The summed E-state index contributed by atoms with van der Waals surface area (Å²) in [6.45, 7) is 5.76. The highest BCUT2D eigenvalue weighted by Gasteiger charge is 2.10. The van der Waals surface area contributed by atoms with E-state index in [4.69, 9.17) is 0 Å². The Balaban J connectivity index is 1.56. The van der Waals surface area contributed by atoms with Crippen molar-refractivity contribution in [2.24, 2.45) is 0 Å². The second kappa shape index (κ2) is 8.43. The molecule has 3 rings (SSSR count). The molecule has 0 radical (unpaired) electrons. The lowest BCUT2D eigenvalue weighted by Crippen LogP contribution is -2.26. The summed E-state index contributed by atoms with van der Waals surface area (Å²) >= 11 is 1.32. The van der Waals surface area contributed by atoms with Crippen LogP contribution in [0.4, 0.5) is 9.52 Å². The molecule has 0 saturated heterocycles. The van der Waals surface area contributed by atoms with Gasteiger partial charge < -0.3 is 5.32 Å². The van der Waals surface area contributed by atoms with Crippen LogP contribution in [0.5, 0.6) is 0 Å². The number of halogens is 1. The summed E-state index contributed by atoms with van der Waals surface area (Å²) in [5, 5.41) is 5.09. The van der Waals surface area contributed by atoms with Gasteiger partial charge in [0.1, 0.15) is 5.82 Å². The number of nitrogens with one attached hydrogen (secondary N) is 1. The first-order valence-electron chi connectivity index (χ1n) is 8.90. The Morgan fingerprint density at radius 2 is 2.00 bits per heavy atom. The first-order chi connectivity index (χ1) is 13.3. The Hall–Kier alpha value is -2.87.